The number of aromatic nitrogens is 2. The van der Waals surface area contributed by atoms with Crippen LogP contribution in [0.5, 0.6) is 0 Å². The molecule has 0 fully saturated rings. The van der Waals surface area contributed by atoms with Gasteiger partial charge in [0.2, 0.25) is 0 Å². The van der Waals surface area contributed by atoms with Crippen molar-refractivity contribution in [3.63, 3.8) is 0 Å². The summed E-state index contributed by atoms with van der Waals surface area (Å²) in [6.07, 6.45) is 0. The number of para-hydroxylation sites is 3. The maximum Gasteiger partial charge on any atom is 0.0667 e. The van der Waals surface area contributed by atoms with Crippen LogP contribution in [0.15, 0.2) is 145 Å². The Kier molecular flexibility index (Phi) is 2.91. The zero-order valence-electron chi connectivity index (χ0n) is 30.0. The van der Waals surface area contributed by atoms with Gasteiger partial charge in [-0.2, -0.15) is 0 Å². The highest BCUT2D eigenvalue weighted by atomic mass is 15.0. The molecule has 6 aromatic carbocycles. The molecule has 0 amide bonds. The van der Waals surface area contributed by atoms with Gasteiger partial charge in [0.05, 0.1) is 35.8 Å². The SMILES string of the molecule is [2H]c1cc([2H])c(-c2ccc(-n3c4c([2H])c([2H])c([2H])c([2H])c4c4c([2H])c([2H])c(-n5c6ccccc6c6ccccc65)c([2H])c43)cc2)c([2H])c1. The highest BCUT2D eigenvalue weighted by Gasteiger charge is 2.16. The van der Waals surface area contributed by atoms with Crippen LogP contribution in [-0.4, -0.2) is 9.13 Å². The van der Waals surface area contributed by atoms with Crippen LogP contribution in [0.2, 0.25) is 0 Å². The molecule has 2 aromatic heterocycles. The molecule has 178 valence electrons. The molecule has 0 aliphatic rings. The third-order valence-corrected chi connectivity index (χ3v) is 6.96. The minimum absolute atomic E-state index is 0.0253. The number of rotatable bonds is 3. The molecule has 38 heavy (non-hydrogen) atoms. The summed E-state index contributed by atoms with van der Waals surface area (Å²) in [5.74, 6) is 0. The summed E-state index contributed by atoms with van der Waals surface area (Å²) < 4.78 is 91.0. The first-order valence-electron chi connectivity index (χ1n) is 17.2. The lowest BCUT2D eigenvalue weighted by atomic mass is 10.1. The molecule has 0 aliphatic heterocycles. The second kappa shape index (κ2) is 8.22. The van der Waals surface area contributed by atoms with E-state index in [-0.39, 0.29) is 75.8 Å². The molecule has 2 heterocycles. The third kappa shape index (κ3) is 3.07. The normalized spacial score (nSPS) is 15.4. The van der Waals surface area contributed by atoms with Crippen molar-refractivity contribution in [1.82, 2.24) is 9.13 Å². The van der Waals surface area contributed by atoms with Crippen LogP contribution in [0.4, 0.5) is 0 Å². The molecule has 0 saturated carbocycles. The molecule has 0 bridgehead atoms. The predicted octanol–water partition coefficient (Wildman–Crippen LogP) is 9.55. The van der Waals surface area contributed by atoms with E-state index in [0.717, 1.165) is 21.8 Å². The van der Waals surface area contributed by atoms with E-state index < -0.39 is 12.1 Å². The maximum atomic E-state index is 9.70. The van der Waals surface area contributed by atoms with E-state index in [4.69, 9.17) is 9.60 Å². The van der Waals surface area contributed by atoms with Crippen molar-refractivity contribution in [3.8, 4) is 22.5 Å². The summed E-state index contributed by atoms with van der Waals surface area (Å²) in [5, 5.41) is 1.95. The molecule has 0 aliphatic carbocycles. The smallest absolute Gasteiger partial charge is 0.0667 e. The van der Waals surface area contributed by atoms with Crippen LogP contribution in [0.3, 0.4) is 0 Å². The minimum Gasteiger partial charge on any atom is -0.309 e. The highest BCUT2D eigenvalue weighted by molar-refractivity contribution is 6.12. The van der Waals surface area contributed by atoms with Gasteiger partial charge in [-0.15, -0.1) is 0 Å². The van der Waals surface area contributed by atoms with Crippen LogP contribution in [0.25, 0.3) is 66.1 Å². The molecular formula is C36H24N2. The van der Waals surface area contributed by atoms with Gasteiger partial charge in [-0.1, -0.05) is 103 Å². The van der Waals surface area contributed by atoms with Gasteiger partial charge < -0.3 is 9.13 Å². The van der Waals surface area contributed by atoms with E-state index in [0.29, 0.717) is 16.8 Å². The van der Waals surface area contributed by atoms with Crippen LogP contribution in [0, 0.1) is 0 Å². The molecule has 2 nitrogen and oxygen atoms in total. The Morgan fingerprint density at radius 1 is 0.395 bits per heavy atom. The van der Waals surface area contributed by atoms with Crippen molar-refractivity contribution in [3.05, 3.63) is 145 Å². The van der Waals surface area contributed by atoms with E-state index in [2.05, 4.69) is 0 Å². The molecule has 2 heteroatoms. The number of hydrogen-bond donors (Lipinski definition) is 0. The molecule has 0 spiro atoms. The van der Waals surface area contributed by atoms with Gasteiger partial charge in [-0.05, 0) is 53.5 Å². The van der Waals surface area contributed by atoms with Crippen molar-refractivity contribution in [2.24, 2.45) is 0 Å². The van der Waals surface area contributed by atoms with Crippen molar-refractivity contribution in [2.45, 2.75) is 0 Å². The topological polar surface area (TPSA) is 9.86 Å². The zero-order chi connectivity index (χ0) is 33.8. The number of fused-ring (bicyclic) bond motifs is 6. The van der Waals surface area contributed by atoms with Gasteiger partial charge in [0, 0.05) is 32.9 Å². The first-order chi connectivity index (χ1) is 23.0. The Morgan fingerprint density at radius 2 is 1.03 bits per heavy atom. The van der Waals surface area contributed by atoms with Gasteiger partial charge in [0.15, 0.2) is 0 Å². The Morgan fingerprint density at radius 3 is 1.76 bits per heavy atom. The molecule has 0 atom stereocenters. The Bertz CT molecular complexity index is 2600. The van der Waals surface area contributed by atoms with E-state index in [1.807, 2.05) is 48.5 Å². The molecule has 8 rings (SSSR count). The monoisotopic (exact) mass is 494 g/mol. The van der Waals surface area contributed by atoms with E-state index in [9.17, 15) is 4.11 Å². The number of nitrogens with zero attached hydrogens (tertiary/aromatic N) is 2. The van der Waals surface area contributed by atoms with Crippen molar-refractivity contribution in [1.29, 1.82) is 0 Å². The summed E-state index contributed by atoms with van der Waals surface area (Å²) in [6.45, 7) is 0. The maximum absolute atomic E-state index is 9.70. The van der Waals surface area contributed by atoms with E-state index in [1.54, 1.807) is 33.4 Å². The van der Waals surface area contributed by atoms with Crippen LogP contribution >= 0.6 is 0 Å². The van der Waals surface area contributed by atoms with Gasteiger partial charge in [-0.3, -0.25) is 0 Å². The molecule has 0 N–H and O–H groups in total. The summed E-state index contributed by atoms with van der Waals surface area (Å²) in [4.78, 5) is 0. The standard InChI is InChI=1S/C36H24N2/c1-2-10-25(11-3-1)26-18-20-27(21-19-26)37-33-15-7-6-14-31(33)32-23-22-28(24-36(32)37)38-34-16-8-4-12-29(34)30-13-5-9-17-35(30)38/h1-24H/i1D,6D,7D,10D,11D,14D,15D,22D,23D,24D. The molecule has 8 aromatic rings. The van der Waals surface area contributed by atoms with Gasteiger partial charge in [0.1, 0.15) is 0 Å². The van der Waals surface area contributed by atoms with Crippen molar-refractivity contribution in [2.75, 3.05) is 0 Å². The van der Waals surface area contributed by atoms with E-state index >= 15 is 0 Å². The summed E-state index contributed by atoms with van der Waals surface area (Å²) in [5.41, 5.74) is 3.17. The Hall–Kier alpha value is -5.08. The van der Waals surface area contributed by atoms with Crippen molar-refractivity contribution >= 4 is 43.6 Å². The number of hydrogen-bond acceptors (Lipinski definition) is 0. The summed E-state index contributed by atoms with van der Waals surface area (Å²) in [7, 11) is 0. The summed E-state index contributed by atoms with van der Waals surface area (Å²) >= 11 is 0. The second-order valence-corrected chi connectivity index (χ2v) is 9.04. The lowest BCUT2D eigenvalue weighted by molar-refractivity contribution is 1.15. The van der Waals surface area contributed by atoms with Crippen molar-refractivity contribution < 1.29 is 13.7 Å². The molecule has 0 saturated heterocycles. The van der Waals surface area contributed by atoms with E-state index in [1.165, 1.54) is 12.1 Å². The average molecular weight is 495 g/mol. The molecule has 0 radical (unpaired) electrons. The first-order valence-corrected chi connectivity index (χ1v) is 12.2. The fourth-order valence-corrected chi connectivity index (χ4v) is 5.29. The van der Waals surface area contributed by atoms with Crippen LogP contribution in [0.1, 0.15) is 13.7 Å². The molecular weight excluding hydrogens is 460 g/mol. The molecule has 0 unspecified atom stereocenters. The average Bonchev–Trinajstić information content (AvgIpc) is 3.60. The predicted molar refractivity (Wildman–Crippen MR) is 161 cm³/mol. The lowest BCUT2D eigenvalue weighted by Gasteiger charge is -2.12. The fourth-order valence-electron chi connectivity index (χ4n) is 5.29. The largest absolute Gasteiger partial charge is 0.309 e. The minimum atomic E-state index is -0.477. The second-order valence-electron chi connectivity index (χ2n) is 9.04. The van der Waals surface area contributed by atoms with Gasteiger partial charge >= 0.3 is 0 Å². The first kappa shape index (κ1) is 13.5. The van der Waals surface area contributed by atoms with Crippen LogP contribution < -0.4 is 0 Å². The highest BCUT2D eigenvalue weighted by Crippen LogP contribution is 2.37. The number of benzene rings is 6. The third-order valence-electron chi connectivity index (χ3n) is 6.96. The quantitative estimate of drug-likeness (QED) is 0.231. The lowest BCUT2D eigenvalue weighted by Crippen LogP contribution is -1.97. The van der Waals surface area contributed by atoms with Gasteiger partial charge in [0.25, 0.3) is 0 Å². The fraction of sp³-hybridized carbons (Fsp3) is 0. The Labute approximate surface area is 234 Å². The Balaban J connectivity index is 1.52. The summed E-state index contributed by atoms with van der Waals surface area (Å²) in [6, 6.07) is 22.6. The van der Waals surface area contributed by atoms with Gasteiger partial charge in [-0.25, -0.2) is 0 Å². The van der Waals surface area contributed by atoms with Crippen LogP contribution in [-0.2, 0) is 0 Å². The zero-order valence-corrected chi connectivity index (χ0v) is 20.0.